The Labute approximate surface area is 251 Å². The van der Waals surface area contributed by atoms with E-state index in [0.717, 1.165) is 11.8 Å². The van der Waals surface area contributed by atoms with Gasteiger partial charge in [0.15, 0.2) is 0 Å². The van der Waals surface area contributed by atoms with Crippen molar-refractivity contribution >= 4 is 23.6 Å². The summed E-state index contributed by atoms with van der Waals surface area (Å²) in [6.07, 6.45) is 2.54. The molecule has 4 heterocycles. The summed E-state index contributed by atoms with van der Waals surface area (Å²) in [6.45, 7) is 1.19. The third-order valence-corrected chi connectivity index (χ3v) is 7.36. The summed E-state index contributed by atoms with van der Waals surface area (Å²) < 4.78 is 44.7. The van der Waals surface area contributed by atoms with Gasteiger partial charge in [0.2, 0.25) is 5.88 Å². The fourth-order valence-electron chi connectivity index (χ4n) is 4.72. The minimum absolute atomic E-state index is 0.0273. The van der Waals surface area contributed by atoms with E-state index in [1.807, 2.05) is 0 Å². The molecule has 5 rings (SSSR count). The van der Waals surface area contributed by atoms with Gasteiger partial charge >= 0.3 is 12.6 Å². The second-order valence-corrected chi connectivity index (χ2v) is 11.4. The minimum Gasteiger partial charge on any atom is -0.488 e. The number of nitrogens with one attached hydrogen (secondary N) is 1. The third-order valence-electron chi connectivity index (χ3n) is 7.11. The van der Waals surface area contributed by atoms with Gasteiger partial charge < -0.3 is 24.4 Å². The number of hydrogen-bond donors (Lipinski definition) is 1. The molecule has 0 saturated carbocycles. The molecule has 1 N–H and O–H groups in total. The molecule has 0 radical (unpaired) electrons. The first-order valence-electron chi connectivity index (χ1n) is 13.6. The van der Waals surface area contributed by atoms with E-state index in [2.05, 4.69) is 21.5 Å². The Morgan fingerprint density at radius 3 is 2.79 bits per heavy atom. The summed E-state index contributed by atoms with van der Waals surface area (Å²) in [7, 11) is 0. The lowest BCUT2D eigenvalue weighted by atomic mass is 9.98. The molecule has 226 valence electrons. The van der Waals surface area contributed by atoms with Gasteiger partial charge in [-0.2, -0.15) is 19.1 Å². The van der Waals surface area contributed by atoms with Crippen molar-refractivity contribution in [2.75, 3.05) is 19.8 Å². The fourth-order valence-corrected chi connectivity index (χ4v) is 4.85. The van der Waals surface area contributed by atoms with Gasteiger partial charge in [-0.05, 0) is 31.5 Å². The average Bonchev–Trinajstić information content (AvgIpc) is 3.63. The molecule has 11 nitrogen and oxygen atoms in total. The Morgan fingerprint density at radius 1 is 1.33 bits per heavy atom. The van der Waals surface area contributed by atoms with E-state index in [1.54, 1.807) is 43.0 Å². The number of piperidine rings is 1. The van der Waals surface area contributed by atoms with E-state index in [4.69, 9.17) is 25.8 Å². The average molecular weight is 615 g/mol. The number of benzene rings is 1. The van der Waals surface area contributed by atoms with Crippen LogP contribution in [-0.2, 0) is 11.3 Å². The second kappa shape index (κ2) is 12.4. The van der Waals surface area contributed by atoms with Crippen LogP contribution in [0.1, 0.15) is 49.2 Å². The molecule has 43 heavy (non-hydrogen) atoms. The highest BCUT2D eigenvalue weighted by molar-refractivity contribution is 6.30. The van der Waals surface area contributed by atoms with Gasteiger partial charge in [-0.3, -0.25) is 4.79 Å². The fraction of sp³-hybridized carbons (Fsp3) is 0.414. The number of amides is 2. The van der Waals surface area contributed by atoms with E-state index >= 15 is 0 Å². The topological polar surface area (TPSA) is 132 Å². The number of aromatic nitrogens is 3. The minimum atomic E-state index is -2.88. The van der Waals surface area contributed by atoms with E-state index in [9.17, 15) is 23.6 Å². The summed E-state index contributed by atoms with van der Waals surface area (Å²) in [5.41, 5.74) is 0.256. The van der Waals surface area contributed by atoms with Crippen molar-refractivity contribution in [2.45, 2.75) is 51.9 Å². The standard InChI is InChI=1S/C29H29ClF2N6O5/c1-29(2,15-33)16-42-26-22(25(39)34-11-17-3-5-19(30)6-4-17)10-23(24(36-26)18-12-35-38(13-18)27(31)32)43-21-7-8-37-20(9-21)14-41-28(37)40/h3-6,10,12-13,20-21,27H,7-9,11,14,16H2,1-2H3,(H,34,39)/t20-,21-/m0/s1. The van der Waals surface area contributed by atoms with Gasteiger partial charge in [0.25, 0.3) is 5.91 Å². The lowest BCUT2D eigenvalue weighted by Gasteiger charge is -2.33. The predicted octanol–water partition coefficient (Wildman–Crippen LogP) is 5.21. The van der Waals surface area contributed by atoms with Crippen molar-refractivity contribution in [3.63, 3.8) is 0 Å². The molecule has 2 amide bonds. The predicted molar refractivity (Wildman–Crippen MR) is 150 cm³/mol. The van der Waals surface area contributed by atoms with Gasteiger partial charge in [-0.1, -0.05) is 23.7 Å². The van der Waals surface area contributed by atoms with Crippen LogP contribution in [0.4, 0.5) is 13.6 Å². The van der Waals surface area contributed by atoms with Crippen LogP contribution in [0, 0.1) is 16.7 Å². The van der Waals surface area contributed by atoms with E-state index in [0.29, 0.717) is 29.1 Å². The largest absolute Gasteiger partial charge is 0.488 e. The second-order valence-electron chi connectivity index (χ2n) is 11.0. The first-order chi connectivity index (χ1) is 20.5. The third kappa shape index (κ3) is 6.97. The van der Waals surface area contributed by atoms with Crippen LogP contribution in [0.15, 0.2) is 42.7 Å². The van der Waals surface area contributed by atoms with E-state index in [1.165, 1.54) is 12.3 Å². The molecule has 1 aromatic carbocycles. The molecule has 2 aromatic heterocycles. The lowest BCUT2D eigenvalue weighted by Crippen LogP contribution is -2.44. The zero-order valence-corrected chi connectivity index (χ0v) is 24.2. The van der Waals surface area contributed by atoms with Crippen LogP contribution < -0.4 is 14.8 Å². The number of carbonyl (C=O) groups is 2. The molecule has 2 aliphatic heterocycles. The number of halogens is 3. The molecule has 2 atom stereocenters. The Kier molecular flexibility index (Phi) is 8.68. The zero-order valence-electron chi connectivity index (χ0n) is 23.4. The first-order valence-corrected chi connectivity index (χ1v) is 14.0. The van der Waals surface area contributed by atoms with E-state index < -0.39 is 17.9 Å². The number of ether oxygens (including phenoxy) is 3. The number of cyclic esters (lactones) is 1. The van der Waals surface area contributed by atoms with Gasteiger partial charge in [0.1, 0.15) is 36.3 Å². The summed E-state index contributed by atoms with van der Waals surface area (Å²) in [5.74, 6) is -0.480. The maximum absolute atomic E-state index is 13.5. The molecule has 0 spiro atoms. The molecule has 14 heteroatoms. The smallest absolute Gasteiger partial charge is 0.410 e. The number of hydrogen-bond acceptors (Lipinski definition) is 8. The van der Waals surface area contributed by atoms with Crippen LogP contribution in [0.3, 0.4) is 0 Å². The summed E-state index contributed by atoms with van der Waals surface area (Å²) >= 11 is 5.97. The quantitative estimate of drug-likeness (QED) is 0.329. The Bertz CT molecular complexity index is 1540. The SMILES string of the molecule is CC(C)(C#N)COc1nc(-c2cnn(C(F)F)c2)c(O[C@H]2CCN3C(=O)OC[C@@H]3C2)cc1C(=O)NCc1ccc(Cl)cc1. The number of nitrogens with zero attached hydrogens (tertiary/aromatic N) is 5. The molecular weight excluding hydrogens is 586 g/mol. The van der Waals surface area contributed by atoms with Crippen molar-refractivity contribution in [1.82, 2.24) is 25.0 Å². The normalized spacial score (nSPS) is 18.2. The van der Waals surface area contributed by atoms with Gasteiger partial charge in [-0.15, -0.1) is 0 Å². The molecular formula is C29H29ClF2N6O5. The lowest BCUT2D eigenvalue weighted by molar-refractivity contribution is 0.0566. The van der Waals surface area contributed by atoms with Gasteiger partial charge in [0, 0.05) is 48.8 Å². The number of fused-ring (bicyclic) bond motifs is 1. The number of pyridine rings is 1. The number of rotatable bonds is 10. The maximum Gasteiger partial charge on any atom is 0.410 e. The van der Waals surface area contributed by atoms with Crippen molar-refractivity contribution in [1.29, 1.82) is 5.26 Å². The van der Waals surface area contributed by atoms with Gasteiger partial charge in [0.05, 0.1) is 23.7 Å². The molecule has 2 aliphatic rings. The number of carbonyl (C=O) groups excluding carboxylic acids is 2. The zero-order chi connectivity index (χ0) is 30.7. The highest BCUT2D eigenvalue weighted by atomic mass is 35.5. The molecule has 0 unspecified atom stereocenters. The summed E-state index contributed by atoms with van der Waals surface area (Å²) in [4.78, 5) is 31.7. The Morgan fingerprint density at radius 2 is 2.09 bits per heavy atom. The Balaban J connectivity index is 1.51. The molecule has 2 fully saturated rings. The summed E-state index contributed by atoms with van der Waals surface area (Å²) in [6, 6.07) is 10.4. The number of alkyl halides is 2. The highest BCUT2D eigenvalue weighted by Crippen LogP contribution is 2.37. The van der Waals surface area contributed by atoms with Crippen LogP contribution in [0.2, 0.25) is 5.02 Å². The molecule has 0 bridgehead atoms. The van der Waals surface area contributed by atoms with Crippen LogP contribution in [0.5, 0.6) is 11.6 Å². The highest BCUT2D eigenvalue weighted by Gasteiger charge is 2.39. The van der Waals surface area contributed by atoms with Crippen molar-refractivity contribution < 1.29 is 32.6 Å². The van der Waals surface area contributed by atoms with E-state index in [-0.39, 0.29) is 66.4 Å². The van der Waals surface area contributed by atoms with Gasteiger partial charge in [-0.25, -0.2) is 14.5 Å². The molecule has 3 aromatic rings. The van der Waals surface area contributed by atoms with Crippen LogP contribution in [-0.4, -0.2) is 63.6 Å². The Hall–Kier alpha value is -4.44. The van der Waals surface area contributed by atoms with Crippen molar-refractivity contribution in [3.05, 3.63) is 58.9 Å². The van der Waals surface area contributed by atoms with Crippen molar-refractivity contribution in [3.8, 4) is 29.0 Å². The molecule has 0 aliphatic carbocycles. The van der Waals surface area contributed by atoms with Crippen LogP contribution >= 0.6 is 11.6 Å². The number of nitriles is 1. The maximum atomic E-state index is 13.5. The summed E-state index contributed by atoms with van der Waals surface area (Å²) in [5, 5.41) is 16.6. The van der Waals surface area contributed by atoms with Crippen LogP contribution in [0.25, 0.3) is 11.3 Å². The first kappa shape index (κ1) is 30.0. The molecule has 2 saturated heterocycles. The van der Waals surface area contributed by atoms with Crippen molar-refractivity contribution in [2.24, 2.45) is 5.41 Å². The monoisotopic (exact) mass is 614 g/mol.